The maximum absolute atomic E-state index is 12.5. The van der Waals surface area contributed by atoms with Crippen LogP contribution in [0.4, 0.5) is 0 Å². The summed E-state index contributed by atoms with van der Waals surface area (Å²) in [7, 11) is 0. The molecule has 1 amide bonds. The third-order valence-corrected chi connectivity index (χ3v) is 4.76. The maximum atomic E-state index is 12.5. The average Bonchev–Trinajstić information content (AvgIpc) is 2.65. The number of fused-ring (bicyclic) bond motifs is 1. The second kappa shape index (κ2) is 7.52. The Kier molecular flexibility index (Phi) is 5.16. The lowest BCUT2D eigenvalue weighted by atomic mass is 9.97. The largest absolute Gasteiger partial charge is 0.478 e. The van der Waals surface area contributed by atoms with Crippen LogP contribution < -0.4 is 0 Å². The van der Waals surface area contributed by atoms with E-state index in [1.807, 2.05) is 25.1 Å². The molecule has 5 nitrogen and oxygen atoms in total. The van der Waals surface area contributed by atoms with E-state index in [-0.39, 0.29) is 30.1 Å². The number of hydrogen-bond donors (Lipinski definition) is 1. The predicted octanol–water partition coefficient (Wildman–Crippen LogP) is 3.24. The smallest absolute Gasteiger partial charge is 0.335 e. The highest BCUT2D eigenvalue weighted by atomic mass is 16.4. The number of benzene rings is 2. The van der Waals surface area contributed by atoms with Gasteiger partial charge in [-0.15, -0.1) is 0 Å². The van der Waals surface area contributed by atoms with E-state index in [0.717, 1.165) is 16.7 Å². The summed E-state index contributed by atoms with van der Waals surface area (Å²) in [6, 6.07) is 12.4. The van der Waals surface area contributed by atoms with Crippen LogP contribution in [0.25, 0.3) is 0 Å². The van der Waals surface area contributed by atoms with E-state index < -0.39 is 5.97 Å². The Bertz CT molecular complexity index is 855. The molecule has 134 valence electrons. The maximum Gasteiger partial charge on any atom is 0.335 e. The number of amides is 1. The molecule has 5 heteroatoms. The zero-order valence-corrected chi connectivity index (χ0v) is 14.7. The van der Waals surface area contributed by atoms with Gasteiger partial charge in [0.05, 0.1) is 5.56 Å². The van der Waals surface area contributed by atoms with Gasteiger partial charge in [0, 0.05) is 31.5 Å². The molecule has 0 saturated carbocycles. The van der Waals surface area contributed by atoms with Gasteiger partial charge in [0.2, 0.25) is 5.91 Å². The van der Waals surface area contributed by atoms with Crippen LogP contribution in [0.1, 0.15) is 50.2 Å². The molecule has 1 N–H and O–H groups in total. The molecule has 1 heterocycles. The fourth-order valence-corrected chi connectivity index (χ4v) is 3.17. The van der Waals surface area contributed by atoms with Crippen molar-refractivity contribution in [2.45, 2.75) is 32.7 Å². The average molecular weight is 351 g/mol. The lowest BCUT2D eigenvalue weighted by molar-refractivity contribution is -0.132. The van der Waals surface area contributed by atoms with Crippen LogP contribution in [-0.4, -0.2) is 34.2 Å². The molecule has 0 bridgehead atoms. The number of carboxylic acids is 1. The molecule has 0 aromatic heterocycles. The van der Waals surface area contributed by atoms with Gasteiger partial charge in [0.15, 0.2) is 5.78 Å². The van der Waals surface area contributed by atoms with Crippen molar-refractivity contribution in [2.24, 2.45) is 0 Å². The molecular weight excluding hydrogens is 330 g/mol. The summed E-state index contributed by atoms with van der Waals surface area (Å²) >= 11 is 0. The highest BCUT2D eigenvalue weighted by Crippen LogP contribution is 2.21. The van der Waals surface area contributed by atoms with Gasteiger partial charge in [-0.25, -0.2) is 4.79 Å². The lowest BCUT2D eigenvalue weighted by Crippen LogP contribution is -2.36. The molecule has 2 aromatic rings. The molecule has 0 atom stereocenters. The Morgan fingerprint density at radius 1 is 0.962 bits per heavy atom. The summed E-state index contributed by atoms with van der Waals surface area (Å²) in [6.45, 7) is 2.95. The van der Waals surface area contributed by atoms with Gasteiger partial charge < -0.3 is 10.0 Å². The number of carboxylic acid groups (broad SMARTS) is 1. The highest BCUT2D eigenvalue weighted by Gasteiger charge is 2.22. The zero-order chi connectivity index (χ0) is 18.7. The minimum Gasteiger partial charge on any atom is -0.478 e. The van der Waals surface area contributed by atoms with Gasteiger partial charge in [-0.3, -0.25) is 9.59 Å². The SMILES string of the molecule is Cc1ccc(C(=O)CCC(=O)N2CCc3ccc(C(=O)O)cc3C2)cc1. The minimum absolute atomic E-state index is 0.0380. The Balaban J connectivity index is 1.60. The number of rotatable bonds is 5. The predicted molar refractivity (Wildman–Crippen MR) is 97.3 cm³/mol. The highest BCUT2D eigenvalue weighted by molar-refractivity contribution is 5.98. The van der Waals surface area contributed by atoms with Gasteiger partial charge >= 0.3 is 5.97 Å². The number of hydrogen-bond acceptors (Lipinski definition) is 3. The Morgan fingerprint density at radius 3 is 2.35 bits per heavy atom. The molecule has 0 radical (unpaired) electrons. The summed E-state index contributed by atoms with van der Waals surface area (Å²) in [6.07, 6.45) is 1.05. The molecular formula is C21H21NO4. The van der Waals surface area contributed by atoms with Crippen molar-refractivity contribution >= 4 is 17.7 Å². The summed E-state index contributed by atoms with van der Waals surface area (Å²) in [5.74, 6) is -1.08. The topological polar surface area (TPSA) is 74.7 Å². The third-order valence-electron chi connectivity index (χ3n) is 4.76. The fourth-order valence-electron chi connectivity index (χ4n) is 3.17. The lowest BCUT2D eigenvalue weighted by Gasteiger charge is -2.29. The number of aromatic carboxylic acids is 1. The monoisotopic (exact) mass is 351 g/mol. The summed E-state index contributed by atoms with van der Waals surface area (Å²) in [5.41, 5.74) is 3.89. The molecule has 1 aliphatic heterocycles. The van der Waals surface area contributed by atoms with Crippen molar-refractivity contribution in [3.05, 3.63) is 70.3 Å². The molecule has 26 heavy (non-hydrogen) atoms. The number of carbonyl (C=O) groups excluding carboxylic acids is 2. The second-order valence-electron chi connectivity index (χ2n) is 6.64. The van der Waals surface area contributed by atoms with Gasteiger partial charge in [-0.1, -0.05) is 35.9 Å². The Labute approximate surface area is 152 Å². The van der Waals surface area contributed by atoms with Crippen LogP contribution >= 0.6 is 0 Å². The minimum atomic E-state index is -0.972. The Hall–Kier alpha value is -2.95. The Morgan fingerprint density at radius 2 is 1.65 bits per heavy atom. The molecule has 0 saturated heterocycles. The zero-order valence-electron chi connectivity index (χ0n) is 14.7. The van der Waals surface area contributed by atoms with Crippen LogP contribution in [0.5, 0.6) is 0 Å². The molecule has 3 rings (SSSR count). The number of ketones is 1. The van der Waals surface area contributed by atoms with E-state index in [1.165, 1.54) is 0 Å². The van der Waals surface area contributed by atoms with E-state index >= 15 is 0 Å². The summed E-state index contributed by atoms with van der Waals surface area (Å²) in [4.78, 5) is 37.5. The van der Waals surface area contributed by atoms with Crippen molar-refractivity contribution < 1.29 is 19.5 Å². The first-order valence-corrected chi connectivity index (χ1v) is 8.67. The van der Waals surface area contributed by atoms with E-state index in [2.05, 4.69) is 0 Å². The van der Waals surface area contributed by atoms with Crippen LogP contribution in [0.2, 0.25) is 0 Å². The van der Waals surface area contributed by atoms with Gasteiger partial charge in [0.25, 0.3) is 0 Å². The first-order valence-electron chi connectivity index (χ1n) is 8.67. The first-order chi connectivity index (χ1) is 12.4. The van der Waals surface area contributed by atoms with Crippen LogP contribution in [-0.2, 0) is 17.8 Å². The van der Waals surface area contributed by atoms with Crippen LogP contribution in [0.15, 0.2) is 42.5 Å². The second-order valence-corrected chi connectivity index (χ2v) is 6.64. The first kappa shape index (κ1) is 17.9. The van der Waals surface area contributed by atoms with Gasteiger partial charge in [0.1, 0.15) is 0 Å². The fraction of sp³-hybridized carbons (Fsp3) is 0.286. The number of nitrogens with zero attached hydrogens (tertiary/aromatic N) is 1. The molecule has 0 aliphatic carbocycles. The summed E-state index contributed by atoms with van der Waals surface area (Å²) < 4.78 is 0. The van der Waals surface area contributed by atoms with Gasteiger partial charge in [-0.05, 0) is 36.6 Å². The van der Waals surface area contributed by atoms with Crippen LogP contribution in [0.3, 0.4) is 0 Å². The van der Waals surface area contributed by atoms with Crippen molar-refractivity contribution in [1.82, 2.24) is 4.90 Å². The number of aryl methyl sites for hydroxylation is 1. The quantitative estimate of drug-likeness (QED) is 0.839. The van der Waals surface area contributed by atoms with Crippen LogP contribution in [0, 0.1) is 6.92 Å². The molecule has 0 fully saturated rings. The number of Topliss-reactive ketones (excluding diaryl/α,β-unsaturated/α-hetero) is 1. The molecule has 2 aromatic carbocycles. The third kappa shape index (κ3) is 3.99. The van der Waals surface area contributed by atoms with E-state index in [9.17, 15) is 14.4 Å². The van der Waals surface area contributed by atoms with Crippen molar-refractivity contribution in [1.29, 1.82) is 0 Å². The van der Waals surface area contributed by atoms with Crippen molar-refractivity contribution in [2.75, 3.05) is 6.54 Å². The van der Waals surface area contributed by atoms with Crippen molar-refractivity contribution in [3.63, 3.8) is 0 Å². The molecule has 0 spiro atoms. The standard InChI is InChI=1S/C21H21NO4/c1-14-2-4-16(5-3-14)19(23)8-9-20(24)22-11-10-15-6-7-17(21(25)26)12-18(15)13-22/h2-7,12H,8-11,13H2,1H3,(H,25,26). The number of carbonyl (C=O) groups is 3. The molecule has 0 unspecified atom stereocenters. The van der Waals surface area contributed by atoms with E-state index in [4.69, 9.17) is 5.11 Å². The summed E-state index contributed by atoms with van der Waals surface area (Å²) in [5, 5.41) is 9.11. The molecule has 1 aliphatic rings. The normalized spacial score (nSPS) is 13.2. The van der Waals surface area contributed by atoms with Crippen molar-refractivity contribution in [3.8, 4) is 0 Å². The van der Waals surface area contributed by atoms with Gasteiger partial charge in [-0.2, -0.15) is 0 Å². The van der Waals surface area contributed by atoms with E-state index in [0.29, 0.717) is 25.1 Å². The van der Waals surface area contributed by atoms with E-state index in [1.54, 1.807) is 29.2 Å².